The largest absolute Gasteiger partial charge is 0.308 e. The second-order valence-corrected chi connectivity index (χ2v) is 11.9. The van der Waals surface area contributed by atoms with Crippen LogP contribution in [0.15, 0.2) is 46.7 Å². The number of ketones is 1. The Morgan fingerprint density at radius 3 is 2.41 bits per heavy atom. The highest BCUT2D eigenvalue weighted by molar-refractivity contribution is 7.89. The first-order valence-electron chi connectivity index (χ1n) is 11.6. The molecular formula is C24H33N3O3S2. The molecule has 32 heavy (non-hydrogen) atoms. The third kappa shape index (κ3) is 5.48. The van der Waals surface area contributed by atoms with Crippen LogP contribution in [0.4, 0.5) is 0 Å². The van der Waals surface area contributed by atoms with Crippen molar-refractivity contribution in [3.63, 3.8) is 0 Å². The highest BCUT2D eigenvalue weighted by atomic mass is 32.2. The normalized spacial score (nSPS) is 19.9. The number of piperidine rings is 1. The van der Waals surface area contributed by atoms with Gasteiger partial charge < -0.3 is 5.32 Å². The molecule has 2 saturated heterocycles. The summed E-state index contributed by atoms with van der Waals surface area (Å²) in [4.78, 5) is 16.8. The number of benzene rings is 1. The summed E-state index contributed by atoms with van der Waals surface area (Å²) in [6.07, 6.45) is 4.25. The highest BCUT2D eigenvalue weighted by Crippen LogP contribution is 2.28. The molecule has 0 spiro atoms. The third-order valence-electron chi connectivity index (χ3n) is 6.63. The minimum Gasteiger partial charge on any atom is -0.308 e. The van der Waals surface area contributed by atoms with Crippen molar-refractivity contribution in [2.75, 3.05) is 39.3 Å². The molecule has 174 valence electrons. The fraction of sp³-hybridized carbons (Fsp3) is 0.542. The van der Waals surface area contributed by atoms with Crippen LogP contribution >= 0.6 is 11.3 Å². The van der Waals surface area contributed by atoms with Gasteiger partial charge in [0.1, 0.15) is 0 Å². The predicted octanol–water partition coefficient (Wildman–Crippen LogP) is 3.78. The summed E-state index contributed by atoms with van der Waals surface area (Å²) in [6, 6.07) is 11.0. The van der Waals surface area contributed by atoms with Crippen LogP contribution in [-0.4, -0.2) is 62.7 Å². The van der Waals surface area contributed by atoms with E-state index in [0.717, 1.165) is 32.5 Å². The van der Waals surface area contributed by atoms with E-state index in [-0.39, 0.29) is 17.2 Å². The number of hydrogen-bond acceptors (Lipinski definition) is 6. The average Bonchev–Trinajstić information content (AvgIpc) is 3.52. The topological polar surface area (TPSA) is 69.7 Å². The maximum absolute atomic E-state index is 12.9. The van der Waals surface area contributed by atoms with Gasteiger partial charge in [0.2, 0.25) is 10.0 Å². The first-order valence-corrected chi connectivity index (χ1v) is 13.9. The summed E-state index contributed by atoms with van der Waals surface area (Å²) in [5.41, 5.74) is 0.539. The minimum absolute atomic E-state index is 0.0212. The van der Waals surface area contributed by atoms with Crippen molar-refractivity contribution in [2.45, 2.75) is 43.5 Å². The summed E-state index contributed by atoms with van der Waals surface area (Å²) in [5, 5.41) is 5.44. The molecule has 0 bridgehead atoms. The van der Waals surface area contributed by atoms with Crippen molar-refractivity contribution in [3.05, 3.63) is 52.2 Å². The van der Waals surface area contributed by atoms with Crippen molar-refractivity contribution in [1.29, 1.82) is 0 Å². The van der Waals surface area contributed by atoms with Crippen molar-refractivity contribution in [2.24, 2.45) is 5.92 Å². The molecule has 6 nitrogen and oxygen atoms in total. The molecule has 1 atom stereocenters. The van der Waals surface area contributed by atoms with Gasteiger partial charge in [-0.25, -0.2) is 8.42 Å². The zero-order chi connectivity index (χ0) is 22.6. The fourth-order valence-corrected chi connectivity index (χ4v) is 6.89. The molecule has 4 rings (SSSR count). The van der Waals surface area contributed by atoms with Crippen LogP contribution in [0, 0.1) is 5.92 Å². The number of carbonyl (C=O) groups is 1. The Hall–Kier alpha value is -1.58. The number of carbonyl (C=O) groups excluding carboxylic acids is 1. The van der Waals surface area contributed by atoms with Gasteiger partial charge in [0.25, 0.3) is 0 Å². The Bertz CT molecular complexity index is 976. The maximum atomic E-state index is 12.9. The minimum atomic E-state index is -3.49. The molecule has 8 heteroatoms. The Morgan fingerprint density at radius 2 is 1.78 bits per heavy atom. The van der Waals surface area contributed by atoms with E-state index >= 15 is 0 Å². The number of likely N-dealkylation sites (tertiary alicyclic amines) is 1. The van der Waals surface area contributed by atoms with Crippen LogP contribution in [0.5, 0.6) is 0 Å². The van der Waals surface area contributed by atoms with Crippen molar-refractivity contribution in [3.8, 4) is 0 Å². The van der Waals surface area contributed by atoms with Gasteiger partial charge in [0.05, 0.1) is 17.5 Å². The van der Waals surface area contributed by atoms with Gasteiger partial charge in [-0.2, -0.15) is 4.31 Å². The van der Waals surface area contributed by atoms with Crippen molar-refractivity contribution in [1.82, 2.24) is 14.5 Å². The first kappa shape index (κ1) is 23.6. The maximum Gasteiger partial charge on any atom is 0.243 e. The van der Waals surface area contributed by atoms with E-state index in [1.165, 1.54) is 17.7 Å². The monoisotopic (exact) mass is 475 g/mol. The van der Waals surface area contributed by atoms with E-state index in [9.17, 15) is 13.2 Å². The lowest BCUT2D eigenvalue weighted by molar-refractivity contribution is 0.0987. The van der Waals surface area contributed by atoms with Crippen molar-refractivity contribution < 1.29 is 13.2 Å². The van der Waals surface area contributed by atoms with Gasteiger partial charge in [-0.3, -0.25) is 9.69 Å². The molecule has 1 unspecified atom stereocenters. The number of rotatable bonds is 9. The van der Waals surface area contributed by atoms with Crippen LogP contribution in [-0.2, 0) is 10.0 Å². The van der Waals surface area contributed by atoms with Gasteiger partial charge in [-0.05, 0) is 68.3 Å². The van der Waals surface area contributed by atoms with Gasteiger partial charge in [-0.15, -0.1) is 11.3 Å². The van der Waals surface area contributed by atoms with E-state index in [4.69, 9.17) is 0 Å². The Kier molecular flexibility index (Phi) is 7.78. The first-order chi connectivity index (χ1) is 15.4. The standard InChI is InChI=1S/C24H33N3O3S2/c1-19-10-14-27(15-11-19)32(29,30)21-8-6-20(7-9-21)23(28)18-25-17-22(24-5-4-16-31-24)26-12-2-3-13-26/h4-9,16,19,22,25H,2-3,10-15,17-18H2,1H3. The number of hydrogen-bond donors (Lipinski definition) is 1. The smallest absolute Gasteiger partial charge is 0.243 e. The van der Waals surface area contributed by atoms with Gasteiger partial charge >= 0.3 is 0 Å². The molecule has 2 aromatic rings. The van der Waals surface area contributed by atoms with Gasteiger partial charge in [0.15, 0.2) is 5.78 Å². The molecule has 0 aliphatic carbocycles. The summed E-state index contributed by atoms with van der Waals surface area (Å²) in [6.45, 7) is 6.46. The van der Waals surface area contributed by atoms with Crippen molar-refractivity contribution >= 4 is 27.1 Å². The quantitative estimate of drug-likeness (QED) is 0.559. The molecule has 1 aromatic carbocycles. The second-order valence-electron chi connectivity index (χ2n) is 8.94. The van der Waals surface area contributed by atoms with E-state index < -0.39 is 10.0 Å². The molecule has 0 saturated carbocycles. The van der Waals surface area contributed by atoms with Crippen LogP contribution < -0.4 is 5.32 Å². The second kappa shape index (κ2) is 10.6. The number of nitrogens with zero attached hydrogens (tertiary/aromatic N) is 2. The lowest BCUT2D eigenvalue weighted by atomic mass is 10.0. The number of sulfonamides is 1. The molecule has 3 heterocycles. The zero-order valence-corrected chi connectivity index (χ0v) is 20.3. The number of Topliss-reactive ketones (excluding diaryl/α,β-unsaturated/α-hetero) is 1. The molecule has 2 aliphatic heterocycles. The van der Waals surface area contributed by atoms with E-state index in [1.54, 1.807) is 39.9 Å². The fourth-order valence-electron chi connectivity index (χ4n) is 4.56. The van der Waals surface area contributed by atoms with Crippen LogP contribution in [0.3, 0.4) is 0 Å². The number of thiophene rings is 1. The molecule has 1 aromatic heterocycles. The van der Waals surface area contributed by atoms with Gasteiger partial charge in [0, 0.05) is 30.1 Å². The Morgan fingerprint density at radius 1 is 1.09 bits per heavy atom. The summed E-state index contributed by atoms with van der Waals surface area (Å²) in [7, 11) is -3.49. The zero-order valence-electron chi connectivity index (χ0n) is 18.7. The molecule has 2 aliphatic rings. The molecule has 0 amide bonds. The highest BCUT2D eigenvalue weighted by Gasteiger charge is 2.28. The summed E-state index contributed by atoms with van der Waals surface area (Å²) in [5.74, 6) is 0.547. The van der Waals surface area contributed by atoms with E-state index in [1.807, 2.05) is 0 Å². The van der Waals surface area contributed by atoms with Crippen LogP contribution in [0.1, 0.15) is 53.9 Å². The van der Waals surface area contributed by atoms with Gasteiger partial charge in [-0.1, -0.05) is 25.1 Å². The predicted molar refractivity (Wildman–Crippen MR) is 129 cm³/mol. The lowest BCUT2D eigenvalue weighted by Crippen LogP contribution is -2.37. The number of nitrogens with one attached hydrogen (secondary N) is 1. The molecule has 0 radical (unpaired) electrons. The Balaban J connectivity index is 1.33. The average molecular weight is 476 g/mol. The Labute approximate surface area is 195 Å². The van der Waals surface area contributed by atoms with E-state index in [0.29, 0.717) is 30.6 Å². The summed E-state index contributed by atoms with van der Waals surface area (Å²) >= 11 is 1.76. The van der Waals surface area contributed by atoms with Crippen LogP contribution in [0.2, 0.25) is 0 Å². The molecule has 1 N–H and O–H groups in total. The van der Waals surface area contributed by atoms with Crippen LogP contribution in [0.25, 0.3) is 0 Å². The van der Waals surface area contributed by atoms with E-state index in [2.05, 4.69) is 34.7 Å². The summed E-state index contributed by atoms with van der Waals surface area (Å²) < 4.78 is 27.3. The molecule has 2 fully saturated rings. The third-order valence-corrected chi connectivity index (χ3v) is 9.52. The molecular weight excluding hydrogens is 442 g/mol. The SMILES string of the molecule is CC1CCN(S(=O)(=O)c2ccc(C(=O)CNCC(c3cccs3)N3CCCC3)cc2)CC1. The lowest BCUT2D eigenvalue weighted by Gasteiger charge is -2.29.